The van der Waals surface area contributed by atoms with Gasteiger partial charge in [0.25, 0.3) is 5.56 Å². The van der Waals surface area contributed by atoms with Gasteiger partial charge in [-0.3, -0.25) is 18.6 Å². The van der Waals surface area contributed by atoms with Crippen molar-refractivity contribution in [2.45, 2.75) is 39.3 Å². The van der Waals surface area contributed by atoms with Gasteiger partial charge < -0.3 is 9.32 Å². The normalized spacial score (nSPS) is 11.5. The summed E-state index contributed by atoms with van der Waals surface area (Å²) in [7, 11) is 1.75. The third-order valence-electron chi connectivity index (χ3n) is 4.69. The molecule has 0 aliphatic rings. The highest BCUT2D eigenvalue weighted by Gasteiger charge is 2.18. The number of carbonyl (C=O) groups is 1. The van der Waals surface area contributed by atoms with Crippen molar-refractivity contribution in [2.75, 3.05) is 7.05 Å². The second kappa shape index (κ2) is 7.59. The van der Waals surface area contributed by atoms with Gasteiger partial charge in [0.05, 0.1) is 18.3 Å². The van der Waals surface area contributed by atoms with Crippen LogP contribution in [0.3, 0.4) is 0 Å². The number of amides is 1. The molecule has 0 aromatic carbocycles. The van der Waals surface area contributed by atoms with Crippen LogP contribution in [0, 0.1) is 0 Å². The van der Waals surface area contributed by atoms with Gasteiger partial charge in [-0.2, -0.15) is 0 Å². The summed E-state index contributed by atoms with van der Waals surface area (Å²) >= 11 is 1.42. The number of fused-ring (bicyclic) bond motifs is 3. The molecular formula is C19H21N5O3S. The lowest BCUT2D eigenvalue weighted by atomic mass is 10.2. The Labute approximate surface area is 165 Å². The Kier molecular flexibility index (Phi) is 4.99. The van der Waals surface area contributed by atoms with Crippen molar-refractivity contribution in [3.63, 3.8) is 0 Å². The maximum absolute atomic E-state index is 12.7. The average Bonchev–Trinajstić information content (AvgIpc) is 3.42. The smallest absolute Gasteiger partial charge is 0.272 e. The molecule has 0 radical (unpaired) electrons. The maximum Gasteiger partial charge on any atom is 0.272 e. The second-order valence-electron chi connectivity index (χ2n) is 6.67. The summed E-state index contributed by atoms with van der Waals surface area (Å²) < 4.78 is 9.55. The van der Waals surface area contributed by atoms with E-state index in [-0.39, 0.29) is 11.5 Å². The van der Waals surface area contributed by atoms with Crippen molar-refractivity contribution in [2.24, 2.45) is 0 Å². The van der Waals surface area contributed by atoms with E-state index in [0.717, 1.165) is 17.7 Å². The van der Waals surface area contributed by atoms with E-state index in [4.69, 9.17) is 4.42 Å². The highest BCUT2D eigenvalue weighted by molar-refractivity contribution is 7.17. The first-order valence-corrected chi connectivity index (χ1v) is 10.1. The van der Waals surface area contributed by atoms with E-state index >= 15 is 0 Å². The predicted molar refractivity (Wildman–Crippen MR) is 106 cm³/mol. The first-order valence-electron chi connectivity index (χ1n) is 9.20. The number of aromatic nitrogens is 4. The molecule has 4 aromatic rings. The Hall–Kier alpha value is -2.94. The molecule has 28 heavy (non-hydrogen) atoms. The van der Waals surface area contributed by atoms with E-state index in [1.165, 1.54) is 11.3 Å². The van der Waals surface area contributed by atoms with Gasteiger partial charge in [-0.1, -0.05) is 6.92 Å². The van der Waals surface area contributed by atoms with Gasteiger partial charge >= 0.3 is 0 Å². The Bertz CT molecular complexity index is 1170. The van der Waals surface area contributed by atoms with E-state index in [9.17, 15) is 9.59 Å². The molecule has 0 atom stereocenters. The third-order valence-corrected chi connectivity index (χ3v) is 5.58. The Morgan fingerprint density at radius 3 is 2.93 bits per heavy atom. The SMILES string of the molecule is CCCn1c(=O)c2sccc2n2c(CCC(=O)N(C)Cc3ccco3)nnc12. The first-order chi connectivity index (χ1) is 13.6. The standard InChI is InChI=1S/C19H21N5O3S/c1-3-9-23-18(26)17-14(8-11-28-17)24-15(20-21-19(23)24)6-7-16(25)22(2)12-13-5-4-10-27-13/h4-5,8,10-11H,3,6-7,9,12H2,1-2H3. The molecule has 0 saturated heterocycles. The molecule has 4 heterocycles. The van der Waals surface area contributed by atoms with Gasteiger partial charge in [-0.25, -0.2) is 0 Å². The molecule has 4 rings (SSSR count). The van der Waals surface area contributed by atoms with Crippen molar-refractivity contribution in [3.05, 3.63) is 51.8 Å². The number of hydrogen-bond donors (Lipinski definition) is 0. The van der Waals surface area contributed by atoms with Crippen molar-refractivity contribution in [3.8, 4) is 0 Å². The van der Waals surface area contributed by atoms with Crippen LogP contribution in [0.15, 0.2) is 39.1 Å². The molecule has 0 unspecified atom stereocenters. The van der Waals surface area contributed by atoms with Gasteiger partial charge in [0.2, 0.25) is 11.7 Å². The lowest BCUT2D eigenvalue weighted by Crippen LogP contribution is -2.26. The summed E-state index contributed by atoms with van der Waals surface area (Å²) in [4.78, 5) is 26.9. The van der Waals surface area contributed by atoms with E-state index in [1.54, 1.807) is 28.8 Å². The van der Waals surface area contributed by atoms with Crippen LogP contribution in [0.5, 0.6) is 0 Å². The fourth-order valence-corrected chi connectivity index (χ4v) is 4.13. The lowest BCUT2D eigenvalue weighted by Gasteiger charge is -2.15. The number of rotatable bonds is 7. The molecule has 4 aromatic heterocycles. The van der Waals surface area contributed by atoms with Crippen molar-refractivity contribution in [1.29, 1.82) is 0 Å². The molecule has 8 nitrogen and oxygen atoms in total. The number of thiophene rings is 1. The Balaban J connectivity index is 1.61. The van der Waals surface area contributed by atoms with E-state index in [0.29, 0.717) is 42.2 Å². The Morgan fingerprint density at radius 2 is 2.18 bits per heavy atom. The minimum Gasteiger partial charge on any atom is -0.467 e. The molecule has 0 aliphatic heterocycles. The minimum absolute atomic E-state index is 0.00316. The van der Waals surface area contributed by atoms with Crippen molar-refractivity contribution >= 4 is 33.2 Å². The van der Waals surface area contributed by atoms with Crippen LogP contribution in [-0.2, 0) is 24.3 Å². The van der Waals surface area contributed by atoms with Gasteiger partial charge in [0, 0.05) is 26.4 Å². The zero-order valence-electron chi connectivity index (χ0n) is 15.8. The molecule has 9 heteroatoms. The molecule has 0 spiro atoms. The number of nitrogens with zero attached hydrogens (tertiary/aromatic N) is 5. The molecule has 0 saturated carbocycles. The molecule has 146 valence electrons. The van der Waals surface area contributed by atoms with Crippen LogP contribution in [0.25, 0.3) is 16.0 Å². The van der Waals surface area contributed by atoms with Crippen LogP contribution in [0.4, 0.5) is 0 Å². The zero-order chi connectivity index (χ0) is 19.7. The van der Waals surface area contributed by atoms with E-state index < -0.39 is 0 Å². The molecule has 0 fully saturated rings. The Morgan fingerprint density at radius 1 is 1.32 bits per heavy atom. The fraction of sp³-hybridized carbons (Fsp3) is 0.368. The van der Waals surface area contributed by atoms with Crippen molar-refractivity contribution < 1.29 is 9.21 Å². The molecule has 0 N–H and O–H groups in total. The van der Waals surface area contributed by atoms with Gasteiger partial charge in [0.1, 0.15) is 16.3 Å². The van der Waals surface area contributed by atoms with Crippen LogP contribution in [0.2, 0.25) is 0 Å². The van der Waals surface area contributed by atoms with Crippen LogP contribution >= 0.6 is 11.3 Å². The highest BCUT2D eigenvalue weighted by atomic mass is 32.1. The predicted octanol–water partition coefficient (Wildman–Crippen LogP) is 2.70. The minimum atomic E-state index is -0.0347. The summed E-state index contributed by atoms with van der Waals surface area (Å²) in [6.07, 6.45) is 3.16. The second-order valence-corrected chi connectivity index (χ2v) is 7.59. The summed E-state index contributed by atoms with van der Waals surface area (Å²) in [5, 5.41) is 10.4. The molecule has 0 bridgehead atoms. The largest absolute Gasteiger partial charge is 0.467 e. The summed E-state index contributed by atoms with van der Waals surface area (Å²) in [6, 6.07) is 5.55. The highest BCUT2D eigenvalue weighted by Crippen LogP contribution is 2.20. The number of furan rings is 1. The third kappa shape index (κ3) is 3.22. The van der Waals surface area contributed by atoms with Crippen LogP contribution in [0.1, 0.15) is 31.4 Å². The first kappa shape index (κ1) is 18.4. The van der Waals surface area contributed by atoms with Gasteiger partial charge in [-0.05, 0) is 30.0 Å². The van der Waals surface area contributed by atoms with Crippen LogP contribution < -0.4 is 5.56 Å². The fourth-order valence-electron chi connectivity index (χ4n) is 3.30. The van der Waals surface area contributed by atoms with Crippen molar-refractivity contribution in [1.82, 2.24) is 24.1 Å². The zero-order valence-corrected chi connectivity index (χ0v) is 16.6. The summed E-state index contributed by atoms with van der Waals surface area (Å²) in [5.74, 6) is 1.95. The van der Waals surface area contributed by atoms with E-state index in [1.807, 2.05) is 28.8 Å². The maximum atomic E-state index is 12.7. The summed E-state index contributed by atoms with van der Waals surface area (Å²) in [6.45, 7) is 3.03. The molecule has 1 amide bonds. The molecular weight excluding hydrogens is 378 g/mol. The van der Waals surface area contributed by atoms with Gasteiger partial charge in [0.15, 0.2) is 0 Å². The van der Waals surface area contributed by atoms with Gasteiger partial charge in [-0.15, -0.1) is 21.5 Å². The number of aryl methyl sites for hydroxylation is 2. The topological polar surface area (TPSA) is 85.6 Å². The van der Waals surface area contributed by atoms with E-state index in [2.05, 4.69) is 10.2 Å². The quantitative estimate of drug-likeness (QED) is 0.477. The number of carbonyl (C=O) groups excluding carboxylic acids is 1. The molecule has 0 aliphatic carbocycles. The summed E-state index contributed by atoms with van der Waals surface area (Å²) in [5.41, 5.74) is 0.765. The van der Waals surface area contributed by atoms with Crippen LogP contribution in [-0.4, -0.2) is 37.0 Å². The monoisotopic (exact) mass is 399 g/mol. The lowest BCUT2D eigenvalue weighted by molar-refractivity contribution is -0.130. The number of hydrogen-bond acceptors (Lipinski definition) is 6. The average molecular weight is 399 g/mol.